The molecule has 0 bridgehead atoms. The Labute approximate surface area is 116 Å². The topological polar surface area (TPSA) is 18.5 Å². The van der Waals surface area contributed by atoms with E-state index in [4.69, 9.17) is 9.47 Å². The largest absolute Gasteiger partial charge is 0.454 e. The summed E-state index contributed by atoms with van der Waals surface area (Å²) in [4.78, 5) is 0. The third kappa shape index (κ3) is 4.62. The van der Waals surface area contributed by atoms with Gasteiger partial charge in [-0.2, -0.15) is 0 Å². The minimum atomic E-state index is 0.347. The first kappa shape index (κ1) is 14.0. The molecular formula is C17H24O2. The zero-order valence-corrected chi connectivity index (χ0v) is 11.9. The van der Waals surface area contributed by atoms with Crippen molar-refractivity contribution in [1.29, 1.82) is 0 Å². The lowest BCUT2D eigenvalue weighted by Gasteiger charge is -1.99. The number of unbranched alkanes of at least 4 members (excludes halogenated alkanes) is 6. The molecule has 2 rings (SSSR count). The van der Waals surface area contributed by atoms with Gasteiger partial charge in [-0.3, -0.25) is 0 Å². The van der Waals surface area contributed by atoms with Crippen LogP contribution in [0.25, 0.3) is 6.08 Å². The highest BCUT2D eigenvalue weighted by atomic mass is 16.7. The maximum Gasteiger partial charge on any atom is 0.231 e. The van der Waals surface area contributed by atoms with E-state index in [1.165, 1.54) is 50.5 Å². The van der Waals surface area contributed by atoms with Crippen molar-refractivity contribution in [1.82, 2.24) is 0 Å². The number of hydrogen-bond acceptors (Lipinski definition) is 2. The third-order valence-corrected chi connectivity index (χ3v) is 3.43. The Hall–Kier alpha value is -1.44. The fraction of sp³-hybridized carbons (Fsp3) is 0.529. The smallest absolute Gasteiger partial charge is 0.231 e. The van der Waals surface area contributed by atoms with Crippen LogP contribution in [0.15, 0.2) is 24.3 Å². The van der Waals surface area contributed by atoms with Gasteiger partial charge in [0.05, 0.1) is 0 Å². The van der Waals surface area contributed by atoms with E-state index in [1.807, 2.05) is 12.1 Å². The van der Waals surface area contributed by atoms with E-state index in [-0.39, 0.29) is 0 Å². The van der Waals surface area contributed by atoms with Crippen molar-refractivity contribution in [2.45, 2.75) is 51.9 Å². The minimum Gasteiger partial charge on any atom is -0.454 e. The summed E-state index contributed by atoms with van der Waals surface area (Å²) >= 11 is 0. The monoisotopic (exact) mass is 260 g/mol. The zero-order valence-electron chi connectivity index (χ0n) is 11.9. The summed E-state index contributed by atoms with van der Waals surface area (Å²) in [5.41, 5.74) is 1.19. The van der Waals surface area contributed by atoms with E-state index in [0.717, 1.165) is 11.5 Å². The lowest BCUT2D eigenvalue weighted by atomic mass is 10.1. The fourth-order valence-corrected chi connectivity index (χ4v) is 2.28. The van der Waals surface area contributed by atoms with Crippen LogP contribution in [0.5, 0.6) is 11.5 Å². The molecule has 1 heterocycles. The van der Waals surface area contributed by atoms with Crippen LogP contribution in [0.4, 0.5) is 0 Å². The van der Waals surface area contributed by atoms with E-state index < -0.39 is 0 Å². The Morgan fingerprint density at radius 3 is 2.68 bits per heavy atom. The Morgan fingerprint density at radius 2 is 1.79 bits per heavy atom. The van der Waals surface area contributed by atoms with Crippen molar-refractivity contribution in [3.05, 3.63) is 29.8 Å². The van der Waals surface area contributed by atoms with Crippen molar-refractivity contribution in [2.75, 3.05) is 6.79 Å². The Balaban J connectivity index is 1.65. The normalized spacial score (nSPS) is 13.3. The van der Waals surface area contributed by atoms with Gasteiger partial charge in [0.1, 0.15) is 0 Å². The molecule has 0 spiro atoms. The van der Waals surface area contributed by atoms with Crippen LogP contribution in [-0.4, -0.2) is 6.79 Å². The van der Waals surface area contributed by atoms with E-state index in [0.29, 0.717) is 6.79 Å². The number of ether oxygens (including phenoxy) is 2. The number of hydrogen-bond donors (Lipinski definition) is 0. The molecule has 0 atom stereocenters. The SMILES string of the molecule is CCCCCCCC/C=C/c1ccc2c(c1)OCO2. The van der Waals surface area contributed by atoms with Gasteiger partial charge in [0.25, 0.3) is 0 Å². The molecule has 0 amide bonds. The van der Waals surface area contributed by atoms with Gasteiger partial charge in [-0.1, -0.05) is 57.2 Å². The highest BCUT2D eigenvalue weighted by Crippen LogP contribution is 2.32. The highest BCUT2D eigenvalue weighted by Gasteiger charge is 2.11. The van der Waals surface area contributed by atoms with Gasteiger partial charge < -0.3 is 9.47 Å². The fourth-order valence-electron chi connectivity index (χ4n) is 2.28. The molecule has 0 aromatic heterocycles. The zero-order chi connectivity index (χ0) is 13.3. The van der Waals surface area contributed by atoms with Gasteiger partial charge in [-0.05, 0) is 30.5 Å². The predicted molar refractivity (Wildman–Crippen MR) is 79.6 cm³/mol. The summed E-state index contributed by atoms with van der Waals surface area (Å²) in [5.74, 6) is 1.72. The van der Waals surface area contributed by atoms with Gasteiger partial charge in [0.2, 0.25) is 6.79 Å². The number of rotatable bonds is 8. The van der Waals surface area contributed by atoms with Crippen LogP contribution in [0.2, 0.25) is 0 Å². The summed E-state index contributed by atoms with van der Waals surface area (Å²) in [6.07, 6.45) is 13.7. The van der Waals surface area contributed by atoms with Crippen LogP contribution in [-0.2, 0) is 0 Å². The van der Waals surface area contributed by atoms with Gasteiger partial charge >= 0.3 is 0 Å². The first-order chi connectivity index (χ1) is 9.40. The van der Waals surface area contributed by atoms with Crippen molar-refractivity contribution in [2.24, 2.45) is 0 Å². The van der Waals surface area contributed by atoms with Gasteiger partial charge in [0, 0.05) is 0 Å². The van der Waals surface area contributed by atoms with Crippen LogP contribution in [0.3, 0.4) is 0 Å². The molecule has 104 valence electrons. The number of benzene rings is 1. The lowest BCUT2D eigenvalue weighted by Crippen LogP contribution is -1.92. The second-order valence-corrected chi connectivity index (χ2v) is 5.07. The van der Waals surface area contributed by atoms with Crippen molar-refractivity contribution >= 4 is 6.08 Å². The maximum absolute atomic E-state index is 5.37. The van der Waals surface area contributed by atoms with Crippen LogP contribution in [0.1, 0.15) is 57.4 Å². The minimum absolute atomic E-state index is 0.347. The molecule has 0 saturated carbocycles. The Kier molecular flexibility index (Phi) is 5.80. The van der Waals surface area contributed by atoms with E-state index >= 15 is 0 Å². The molecule has 0 radical (unpaired) electrons. The molecule has 1 aromatic rings. The molecule has 0 fully saturated rings. The van der Waals surface area contributed by atoms with Crippen molar-refractivity contribution in [3.8, 4) is 11.5 Å². The standard InChI is InChI=1S/C17H24O2/c1-2-3-4-5-6-7-8-9-10-15-11-12-16-17(13-15)19-14-18-16/h9-13H,2-8,14H2,1H3/b10-9+. The summed E-state index contributed by atoms with van der Waals surface area (Å²) < 4.78 is 10.7. The molecular weight excluding hydrogens is 236 g/mol. The number of fused-ring (bicyclic) bond motifs is 1. The van der Waals surface area contributed by atoms with Crippen LogP contribution < -0.4 is 9.47 Å². The van der Waals surface area contributed by atoms with Gasteiger partial charge in [0.15, 0.2) is 11.5 Å². The Bertz CT molecular complexity index is 410. The maximum atomic E-state index is 5.37. The molecule has 2 heteroatoms. The first-order valence-electron chi connectivity index (χ1n) is 7.46. The van der Waals surface area contributed by atoms with E-state index in [9.17, 15) is 0 Å². The van der Waals surface area contributed by atoms with E-state index in [1.54, 1.807) is 0 Å². The van der Waals surface area contributed by atoms with Crippen LogP contribution >= 0.6 is 0 Å². The highest BCUT2D eigenvalue weighted by molar-refractivity contribution is 5.56. The summed E-state index contributed by atoms with van der Waals surface area (Å²) in [6.45, 7) is 2.61. The number of allylic oxidation sites excluding steroid dienone is 1. The Morgan fingerprint density at radius 1 is 1.00 bits per heavy atom. The molecule has 19 heavy (non-hydrogen) atoms. The molecule has 1 aromatic carbocycles. The van der Waals surface area contributed by atoms with E-state index in [2.05, 4.69) is 25.1 Å². The van der Waals surface area contributed by atoms with Crippen molar-refractivity contribution in [3.63, 3.8) is 0 Å². The van der Waals surface area contributed by atoms with Gasteiger partial charge in [-0.25, -0.2) is 0 Å². The third-order valence-electron chi connectivity index (χ3n) is 3.43. The van der Waals surface area contributed by atoms with Crippen molar-refractivity contribution < 1.29 is 9.47 Å². The summed E-state index contributed by atoms with van der Waals surface area (Å²) in [6, 6.07) is 6.10. The molecule has 0 aliphatic carbocycles. The quantitative estimate of drug-likeness (QED) is 0.600. The second-order valence-electron chi connectivity index (χ2n) is 5.07. The molecule has 0 unspecified atom stereocenters. The molecule has 2 nitrogen and oxygen atoms in total. The molecule has 0 N–H and O–H groups in total. The first-order valence-corrected chi connectivity index (χ1v) is 7.46. The summed E-state index contributed by atoms with van der Waals surface area (Å²) in [5, 5.41) is 0. The summed E-state index contributed by atoms with van der Waals surface area (Å²) in [7, 11) is 0. The van der Waals surface area contributed by atoms with Crippen LogP contribution in [0, 0.1) is 0 Å². The molecule has 1 aliphatic heterocycles. The van der Waals surface area contributed by atoms with Gasteiger partial charge in [-0.15, -0.1) is 0 Å². The second kappa shape index (κ2) is 7.88. The molecule has 1 aliphatic rings. The molecule has 0 saturated heterocycles. The average Bonchev–Trinajstić information content (AvgIpc) is 2.89. The predicted octanol–water partition coefficient (Wildman–Crippen LogP) is 5.18. The lowest BCUT2D eigenvalue weighted by molar-refractivity contribution is 0.174. The average molecular weight is 260 g/mol.